The van der Waals surface area contributed by atoms with Crippen molar-refractivity contribution >= 4 is 23.4 Å². The Morgan fingerprint density at radius 3 is 2.19 bits per heavy atom. The molecule has 1 saturated heterocycles. The smallest absolute Gasteiger partial charge is 0.235 e. The maximum Gasteiger partial charge on any atom is 0.235 e. The molecule has 3 amide bonds. The highest BCUT2D eigenvalue weighted by Crippen LogP contribution is 2.65. The molecule has 2 bridgehead atoms. The Hall–Kier alpha value is -2.43. The summed E-state index contributed by atoms with van der Waals surface area (Å²) in [6.45, 7) is 5.45. The summed E-state index contributed by atoms with van der Waals surface area (Å²) >= 11 is 0. The van der Waals surface area contributed by atoms with Gasteiger partial charge < -0.3 is 0 Å². The predicted octanol–water partition coefficient (Wildman–Crippen LogP) is 2.67. The van der Waals surface area contributed by atoms with Crippen LogP contribution in [0.3, 0.4) is 0 Å². The number of hydrogen-bond acceptors (Lipinski definition) is 3. The van der Waals surface area contributed by atoms with Crippen molar-refractivity contribution in [3.05, 3.63) is 41.5 Å². The lowest BCUT2D eigenvalue weighted by atomic mass is 9.63. The molecule has 6 rings (SSSR count). The molecule has 0 N–H and O–H groups in total. The first-order valence-corrected chi connectivity index (χ1v) is 9.77. The van der Waals surface area contributed by atoms with Crippen molar-refractivity contribution < 1.29 is 14.4 Å². The van der Waals surface area contributed by atoms with Gasteiger partial charge in [0.1, 0.15) is 6.67 Å². The van der Waals surface area contributed by atoms with Crippen LogP contribution in [0.2, 0.25) is 0 Å². The number of carbonyl (C=O) groups excluding carboxylic acids is 3. The van der Waals surface area contributed by atoms with Crippen molar-refractivity contribution in [3.63, 3.8) is 0 Å². The Morgan fingerprint density at radius 1 is 1.07 bits per heavy atom. The number of aryl methyl sites for hydroxylation is 2. The average molecular weight is 364 g/mol. The van der Waals surface area contributed by atoms with E-state index in [1.807, 2.05) is 32.0 Å². The number of amides is 3. The average Bonchev–Trinajstić information content (AvgIpc) is 3.40. The van der Waals surface area contributed by atoms with Crippen molar-refractivity contribution in [2.75, 3.05) is 11.6 Å². The van der Waals surface area contributed by atoms with Gasteiger partial charge >= 0.3 is 0 Å². The minimum atomic E-state index is -0.218. The van der Waals surface area contributed by atoms with Crippen LogP contribution in [0.5, 0.6) is 0 Å². The van der Waals surface area contributed by atoms with Gasteiger partial charge in [-0.1, -0.05) is 29.8 Å². The van der Waals surface area contributed by atoms with E-state index in [9.17, 15) is 14.4 Å². The van der Waals surface area contributed by atoms with Crippen LogP contribution in [0.1, 0.15) is 24.5 Å². The molecule has 1 aromatic carbocycles. The van der Waals surface area contributed by atoms with Crippen molar-refractivity contribution in [1.29, 1.82) is 0 Å². The molecule has 0 radical (unpaired) electrons. The van der Waals surface area contributed by atoms with Crippen LogP contribution in [0.15, 0.2) is 30.4 Å². The molecule has 0 unspecified atom stereocenters. The Bertz CT molecular complexity index is 869. The first-order valence-electron chi connectivity index (χ1n) is 9.77. The van der Waals surface area contributed by atoms with Crippen molar-refractivity contribution in [2.45, 2.75) is 27.2 Å². The number of allylic oxidation sites excluding steroid dienone is 2. The van der Waals surface area contributed by atoms with Gasteiger partial charge in [-0.15, -0.1) is 0 Å². The molecular formula is C22H24N2O3. The number of imide groups is 1. The third-order valence-electron chi connectivity index (χ3n) is 7.06. The van der Waals surface area contributed by atoms with Crippen molar-refractivity contribution in [2.24, 2.45) is 35.5 Å². The van der Waals surface area contributed by atoms with E-state index >= 15 is 0 Å². The van der Waals surface area contributed by atoms with E-state index in [4.69, 9.17) is 0 Å². The Balaban J connectivity index is 1.45. The van der Waals surface area contributed by atoms with Gasteiger partial charge in [-0.2, -0.15) is 0 Å². The maximum absolute atomic E-state index is 13.2. The lowest BCUT2D eigenvalue weighted by molar-refractivity contribution is -0.140. The largest absolute Gasteiger partial charge is 0.294 e. The first kappa shape index (κ1) is 16.7. The number of rotatable bonds is 3. The fourth-order valence-corrected chi connectivity index (χ4v) is 5.75. The van der Waals surface area contributed by atoms with Gasteiger partial charge in [0.05, 0.1) is 11.8 Å². The predicted molar refractivity (Wildman–Crippen MR) is 100 cm³/mol. The van der Waals surface area contributed by atoms with Crippen LogP contribution in [0, 0.1) is 49.4 Å². The van der Waals surface area contributed by atoms with Crippen LogP contribution >= 0.6 is 0 Å². The Labute approximate surface area is 159 Å². The molecule has 0 spiro atoms. The third-order valence-corrected chi connectivity index (χ3v) is 7.06. The third kappa shape index (κ3) is 2.27. The second-order valence-electron chi connectivity index (χ2n) is 8.64. The fraction of sp³-hybridized carbons (Fsp3) is 0.500. The highest BCUT2D eigenvalue weighted by atomic mass is 16.2. The van der Waals surface area contributed by atoms with Crippen LogP contribution in [0.4, 0.5) is 5.69 Å². The molecule has 5 heteroatoms. The second kappa shape index (κ2) is 5.54. The molecule has 3 fully saturated rings. The van der Waals surface area contributed by atoms with E-state index in [2.05, 4.69) is 12.2 Å². The molecule has 140 valence electrons. The molecule has 5 aliphatic rings. The van der Waals surface area contributed by atoms with Gasteiger partial charge in [-0.05, 0) is 55.6 Å². The topological polar surface area (TPSA) is 57.7 Å². The molecule has 6 atom stereocenters. The zero-order valence-electron chi connectivity index (χ0n) is 15.9. The number of anilines is 1. The normalized spacial score (nSPS) is 35.3. The Morgan fingerprint density at radius 2 is 1.67 bits per heavy atom. The van der Waals surface area contributed by atoms with Crippen LogP contribution in [-0.2, 0) is 14.4 Å². The summed E-state index contributed by atoms with van der Waals surface area (Å²) in [6, 6.07) is 5.85. The van der Waals surface area contributed by atoms with E-state index in [1.54, 1.807) is 4.90 Å². The lowest BCUT2D eigenvalue weighted by Gasteiger charge is -2.37. The molecule has 27 heavy (non-hydrogen) atoms. The van der Waals surface area contributed by atoms with Gasteiger partial charge in [-0.3, -0.25) is 24.2 Å². The molecule has 1 aromatic rings. The zero-order valence-corrected chi connectivity index (χ0v) is 15.9. The Kier molecular flexibility index (Phi) is 3.43. The summed E-state index contributed by atoms with van der Waals surface area (Å²) in [6.07, 6.45) is 5.49. The van der Waals surface area contributed by atoms with Crippen LogP contribution < -0.4 is 4.90 Å². The standard InChI is InChI=1S/C22H24N2O3/c1-11-4-7-18(12(2)8-11)23(13(3)25)10-24-21(26)19-14-5-6-15(17-9-16(14)17)20(19)22(24)27/h4-8,14-17,19-20H,9-10H2,1-3H3/t14-,15-,16-,17-,19+,20+/m0/s1. The monoisotopic (exact) mass is 364 g/mol. The summed E-state index contributed by atoms with van der Waals surface area (Å²) in [4.78, 5) is 41.6. The quantitative estimate of drug-likeness (QED) is 0.612. The minimum Gasteiger partial charge on any atom is -0.294 e. The number of nitrogens with zero attached hydrogens (tertiary/aromatic N) is 2. The van der Waals surface area contributed by atoms with E-state index < -0.39 is 0 Å². The van der Waals surface area contributed by atoms with Crippen LogP contribution in [0.25, 0.3) is 0 Å². The maximum atomic E-state index is 13.2. The number of carbonyl (C=O) groups is 3. The zero-order chi connectivity index (χ0) is 19.0. The van der Waals surface area contributed by atoms with Gasteiger partial charge in [0.25, 0.3) is 0 Å². The molecule has 4 aliphatic carbocycles. The summed E-state index contributed by atoms with van der Waals surface area (Å²) in [5.74, 6) is 0.797. The molecule has 2 saturated carbocycles. The second-order valence-corrected chi connectivity index (χ2v) is 8.64. The number of hydrogen-bond donors (Lipinski definition) is 0. The number of likely N-dealkylation sites (tertiary alicyclic amines) is 1. The van der Waals surface area contributed by atoms with E-state index in [1.165, 1.54) is 11.8 Å². The summed E-state index contributed by atoms with van der Waals surface area (Å²) in [5, 5.41) is 0. The minimum absolute atomic E-state index is 0.0126. The highest BCUT2D eigenvalue weighted by molar-refractivity contribution is 6.07. The summed E-state index contributed by atoms with van der Waals surface area (Å²) < 4.78 is 0. The first-order chi connectivity index (χ1) is 12.9. The van der Waals surface area contributed by atoms with E-state index in [0.717, 1.165) is 23.2 Å². The van der Waals surface area contributed by atoms with Crippen LogP contribution in [-0.4, -0.2) is 29.3 Å². The van der Waals surface area contributed by atoms with Crippen molar-refractivity contribution in [3.8, 4) is 0 Å². The fourth-order valence-electron chi connectivity index (χ4n) is 5.75. The lowest BCUT2D eigenvalue weighted by Crippen LogP contribution is -2.44. The van der Waals surface area contributed by atoms with Gasteiger partial charge in [0.15, 0.2) is 0 Å². The summed E-state index contributed by atoms with van der Waals surface area (Å²) in [5.41, 5.74) is 2.83. The SMILES string of the molecule is CC(=O)N(CN1C(=O)[C@@H]2[C@H]3C=C[C@@H]([C@@H]4C[C@@H]34)[C@H]2C1=O)c1ccc(C)cc1C. The molecule has 1 heterocycles. The molecule has 0 aromatic heterocycles. The van der Waals surface area contributed by atoms with Gasteiger partial charge in [0, 0.05) is 12.6 Å². The highest BCUT2D eigenvalue weighted by Gasteiger charge is 2.67. The van der Waals surface area contributed by atoms with E-state index in [0.29, 0.717) is 11.8 Å². The molecule has 1 aliphatic heterocycles. The molecule has 5 nitrogen and oxygen atoms in total. The number of benzene rings is 1. The summed E-state index contributed by atoms with van der Waals surface area (Å²) in [7, 11) is 0. The molecular weight excluding hydrogens is 340 g/mol. The van der Waals surface area contributed by atoms with Gasteiger partial charge in [-0.25, -0.2) is 0 Å². The van der Waals surface area contributed by atoms with E-state index in [-0.39, 0.29) is 48.1 Å². The van der Waals surface area contributed by atoms with Crippen molar-refractivity contribution in [1.82, 2.24) is 4.90 Å². The van der Waals surface area contributed by atoms with Gasteiger partial charge in [0.2, 0.25) is 17.7 Å².